The van der Waals surface area contributed by atoms with Crippen LogP contribution < -0.4 is 0 Å². The molecule has 0 heterocycles. The Morgan fingerprint density at radius 1 is 1.41 bits per heavy atom. The Kier molecular flexibility index (Phi) is 5.07. The van der Waals surface area contributed by atoms with E-state index >= 15 is 0 Å². The van der Waals surface area contributed by atoms with Crippen LogP contribution in [0.15, 0.2) is 18.2 Å². The van der Waals surface area contributed by atoms with Crippen molar-refractivity contribution in [2.24, 2.45) is 5.92 Å². The molecule has 1 aromatic carbocycles. The lowest BCUT2D eigenvalue weighted by Crippen LogP contribution is -2.39. The monoisotopic (exact) mass is 313 g/mol. The van der Waals surface area contributed by atoms with E-state index in [-0.39, 0.29) is 25.0 Å². The third-order valence-electron chi connectivity index (χ3n) is 3.67. The number of carbonyl (C=O) groups is 2. The predicted octanol–water partition coefficient (Wildman–Crippen LogP) is 1.63. The van der Waals surface area contributed by atoms with Crippen molar-refractivity contribution in [3.63, 3.8) is 0 Å². The molecule has 22 heavy (non-hydrogen) atoms. The van der Waals surface area contributed by atoms with Crippen LogP contribution in [0.4, 0.5) is 8.78 Å². The van der Waals surface area contributed by atoms with Gasteiger partial charge in [-0.25, -0.2) is 8.78 Å². The second-order valence-corrected chi connectivity index (χ2v) is 5.26. The molecule has 0 aromatic heterocycles. The van der Waals surface area contributed by atoms with Gasteiger partial charge in [0.2, 0.25) is 5.91 Å². The van der Waals surface area contributed by atoms with Gasteiger partial charge in [-0.1, -0.05) is 6.07 Å². The van der Waals surface area contributed by atoms with Gasteiger partial charge in [0, 0.05) is 25.6 Å². The number of amides is 1. The maximum absolute atomic E-state index is 13.7. The Bertz CT molecular complexity index is 579. The molecule has 7 heteroatoms. The first kappa shape index (κ1) is 16.4. The summed E-state index contributed by atoms with van der Waals surface area (Å²) in [5.74, 6) is -3.59. The van der Waals surface area contributed by atoms with E-state index in [1.165, 1.54) is 18.1 Å². The number of aliphatic carboxylic acids is 1. The Hall–Kier alpha value is -2.02. The zero-order chi connectivity index (χ0) is 16.3. The average molecular weight is 313 g/mol. The van der Waals surface area contributed by atoms with Crippen LogP contribution in [0.1, 0.15) is 17.9 Å². The number of ether oxygens (including phenoxy) is 1. The molecule has 0 spiro atoms. The van der Waals surface area contributed by atoms with E-state index in [9.17, 15) is 18.4 Å². The van der Waals surface area contributed by atoms with Crippen LogP contribution in [-0.2, 0) is 14.3 Å². The number of carboxylic acids is 1. The number of methoxy groups -OCH3 is 1. The maximum Gasteiger partial charge on any atom is 0.323 e. The minimum atomic E-state index is -1.12. The van der Waals surface area contributed by atoms with Gasteiger partial charge in [0.15, 0.2) is 0 Å². The van der Waals surface area contributed by atoms with E-state index in [0.717, 1.165) is 12.1 Å². The fourth-order valence-corrected chi connectivity index (χ4v) is 2.48. The summed E-state index contributed by atoms with van der Waals surface area (Å²) in [7, 11) is 1.46. The van der Waals surface area contributed by atoms with E-state index in [1.54, 1.807) is 0 Å². The van der Waals surface area contributed by atoms with Crippen LogP contribution in [0.2, 0.25) is 0 Å². The number of hydrogen-bond donors (Lipinski definition) is 1. The lowest BCUT2D eigenvalue weighted by atomic mass is 10.1. The van der Waals surface area contributed by atoms with Crippen molar-refractivity contribution in [1.29, 1.82) is 0 Å². The lowest BCUT2D eigenvalue weighted by Gasteiger charge is -2.20. The second kappa shape index (κ2) is 6.83. The summed E-state index contributed by atoms with van der Waals surface area (Å²) in [6.45, 7) is -0.0324. The number of hydrogen-bond acceptors (Lipinski definition) is 3. The molecule has 120 valence electrons. The molecule has 1 aromatic rings. The van der Waals surface area contributed by atoms with Crippen molar-refractivity contribution in [2.75, 3.05) is 26.8 Å². The van der Waals surface area contributed by atoms with Gasteiger partial charge >= 0.3 is 5.97 Å². The van der Waals surface area contributed by atoms with Crippen molar-refractivity contribution in [1.82, 2.24) is 4.90 Å². The Morgan fingerprint density at radius 2 is 2.14 bits per heavy atom. The SMILES string of the molecule is COCCN(CC(=O)O)C(=O)[C@@H]1C[C@H]1c1ccc(F)cc1F. The molecular formula is C15H17F2NO4. The zero-order valence-corrected chi connectivity index (χ0v) is 12.1. The van der Waals surface area contributed by atoms with Crippen LogP contribution in [0.3, 0.4) is 0 Å². The topological polar surface area (TPSA) is 66.8 Å². The Morgan fingerprint density at radius 3 is 2.73 bits per heavy atom. The molecule has 1 N–H and O–H groups in total. The summed E-state index contributed by atoms with van der Waals surface area (Å²) in [5, 5.41) is 8.86. The molecule has 1 amide bonds. The van der Waals surface area contributed by atoms with Crippen LogP contribution in [-0.4, -0.2) is 48.7 Å². The summed E-state index contributed by atoms with van der Waals surface area (Å²) >= 11 is 0. The molecular weight excluding hydrogens is 296 g/mol. The highest BCUT2D eigenvalue weighted by Crippen LogP contribution is 2.49. The molecule has 1 saturated carbocycles. The normalized spacial score (nSPS) is 19.8. The summed E-state index contributed by atoms with van der Waals surface area (Å²) in [5.41, 5.74) is 0.293. The number of rotatable bonds is 7. The minimum Gasteiger partial charge on any atom is -0.480 e. The molecule has 2 atom stereocenters. The van der Waals surface area contributed by atoms with Crippen molar-refractivity contribution in [3.05, 3.63) is 35.4 Å². The molecule has 0 radical (unpaired) electrons. The Labute approximate surface area is 126 Å². The number of carboxylic acid groups (broad SMARTS) is 1. The molecule has 5 nitrogen and oxygen atoms in total. The molecule has 1 aliphatic carbocycles. The number of halogens is 2. The van der Waals surface area contributed by atoms with Crippen LogP contribution >= 0.6 is 0 Å². The van der Waals surface area contributed by atoms with Gasteiger partial charge in [0.1, 0.15) is 18.2 Å². The second-order valence-electron chi connectivity index (χ2n) is 5.26. The van der Waals surface area contributed by atoms with Gasteiger partial charge in [0.25, 0.3) is 0 Å². The number of nitrogens with zero attached hydrogens (tertiary/aromatic N) is 1. The number of benzene rings is 1. The third-order valence-corrected chi connectivity index (χ3v) is 3.67. The van der Waals surface area contributed by atoms with Gasteiger partial charge in [-0.3, -0.25) is 9.59 Å². The molecule has 0 unspecified atom stereocenters. The van der Waals surface area contributed by atoms with Crippen molar-refractivity contribution in [3.8, 4) is 0 Å². The van der Waals surface area contributed by atoms with Crippen molar-refractivity contribution >= 4 is 11.9 Å². The lowest BCUT2D eigenvalue weighted by molar-refractivity contribution is -0.145. The largest absolute Gasteiger partial charge is 0.480 e. The van der Waals surface area contributed by atoms with Gasteiger partial charge in [-0.15, -0.1) is 0 Å². The van der Waals surface area contributed by atoms with E-state index in [4.69, 9.17) is 9.84 Å². The molecule has 0 bridgehead atoms. The van der Waals surface area contributed by atoms with E-state index in [0.29, 0.717) is 12.0 Å². The first-order chi connectivity index (χ1) is 10.4. The van der Waals surface area contributed by atoms with Gasteiger partial charge < -0.3 is 14.7 Å². The smallest absolute Gasteiger partial charge is 0.323 e. The first-order valence-electron chi connectivity index (χ1n) is 6.88. The summed E-state index contributed by atoms with van der Waals surface area (Å²) in [4.78, 5) is 24.3. The number of carbonyl (C=O) groups excluding carboxylic acids is 1. The summed E-state index contributed by atoms with van der Waals surface area (Å²) in [6, 6.07) is 3.27. The van der Waals surface area contributed by atoms with Crippen molar-refractivity contribution < 1.29 is 28.2 Å². The molecule has 0 saturated heterocycles. The zero-order valence-electron chi connectivity index (χ0n) is 12.1. The molecule has 0 aliphatic heterocycles. The quantitative estimate of drug-likeness (QED) is 0.831. The predicted molar refractivity (Wildman–Crippen MR) is 73.3 cm³/mol. The highest BCUT2D eigenvalue weighted by Gasteiger charge is 2.47. The fraction of sp³-hybridized carbons (Fsp3) is 0.467. The standard InChI is InChI=1S/C15H17F2NO4/c1-22-5-4-18(8-14(19)20)15(21)12-7-11(12)10-3-2-9(16)6-13(10)17/h2-3,6,11-12H,4-5,7-8H2,1H3,(H,19,20)/t11-,12+/m0/s1. The first-order valence-corrected chi connectivity index (χ1v) is 6.88. The molecule has 1 aliphatic rings. The van der Waals surface area contributed by atoms with Crippen LogP contribution in [0, 0.1) is 17.6 Å². The van der Waals surface area contributed by atoms with Crippen LogP contribution in [0.25, 0.3) is 0 Å². The highest BCUT2D eigenvalue weighted by atomic mass is 19.1. The van der Waals surface area contributed by atoms with E-state index in [2.05, 4.69) is 0 Å². The summed E-state index contributed by atoms with van der Waals surface area (Å²) in [6.07, 6.45) is 0.435. The van der Waals surface area contributed by atoms with Gasteiger partial charge in [-0.2, -0.15) is 0 Å². The molecule has 1 fully saturated rings. The van der Waals surface area contributed by atoms with Gasteiger partial charge in [-0.05, 0) is 24.0 Å². The molecule has 2 rings (SSSR count). The average Bonchev–Trinajstić information content (AvgIpc) is 3.22. The maximum atomic E-state index is 13.7. The van der Waals surface area contributed by atoms with E-state index in [1.807, 2.05) is 0 Å². The van der Waals surface area contributed by atoms with Crippen molar-refractivity contribution in [2.45, 2.75) is 12.3 Å². The minimum absolute atomic E-state index is 0.163. The van der Waals surface area contributed by atoms with Crippen LogP contribution in [0.5, 0.6) is 0 Å². The Balaban J connectivity index is 2.05. The highest BCUT2D eigenvalue weighted by molar-refractivity contribution is 5.86. The van der Waals surface area contributed by atoms with Gasteiger partial charge in [0.05, 0.1) is 6.61 Å². The fourth-order valence-electron chi connectivity index (χ4n) is 2.48. The van der Waals surface area contributed by atoms with E-state index < -0.39 is 30.1 Å². The third kappa shape index (κ3) is 3.79. The summed E-state index contributed by atoms with van der Waals surface area (Å²) < 4.78 is 31.5.